The van der Waals surface area contributed by atoms with Crippen molar-refractivity contribution in [2.75, 3.05) is 12.4 Å². The highest BCUT2D eigenvalue weighted by molar-refractivity contribution is 7.07. The molecule has 1 heterocycles. The summed E-state index contributed by atoms with van der Waals surface area (Å²) in [6.07, 6.45) is 0. The maximum absolute atomic E-state index is 12.5. The average molecular weight is 323 g/mol. The summed E-state index contributed by atoms with van der Waals surface area (Å²) in [5.74, 6) is -0.374. The molecule has 4 nitrogen and oxygen atoms in total. The third-order valence-corrected chi connectivity index (χ3v) is 3.93. The summed E-state index contributed by atoms with van der Waals surface area (Å²) in [5.41, 5.74) is 2.00. The summed E-state index contributed by atoms with van der Waals surface area (Å²) in [7, 11) is 1.72. The SMILES string of the molecule is CC(=O)Nc1ccc(Cl)c(C(=O)N(C)Cc2ccsc2)c1. The number of hydrogen-bond acceptors (Lipinski definition) is 3. The summed E-state index contributed by atoms with van der Waals surface area (Å²) in [4.78, 5) is 25.1. The van der Waals surface area contributed by atoms with Gasteiger partial charge >= 0.3 is 0 Å². The Balaban J connectivity index is 2.19. The summed E-state index contributed by atoms with van der Waals surface area (Å²) < 4.78 is 0. The molecular formula is C15H15ClN2O2S. The fourth-order valence-corrected chi connectivity index (χ4v) is 2.76. The molecule has 0 saturated carbocycles. The zero-order chi connectivity index (χ0) is 15.4. The number of nitrogens with zero attached hydrogens (tertiary/aromatic N) is 1. The Hall–Kier alpha value is -1.85. The van der Waals surface area contributed by atoms with Gasteiger partial charge in [0.05, 0.1) is 10.6 Å². The van der Waals surface area contributed by atoms with E-state index in [-0.39, 0.29) is 11.8 Å². The van der Waals surface area contributed by atoms with Crippen LogP contribution in [-0.2, 0) is 11.3 Å². The van der Waals surface area contributed by atoms with E-state index in [0.717, 1.165) is 5.56 Å². The monoisotopic (exact) mass is 322 g/mol. The van der Waals surface area contributed by atoms with Crippen molar-refractivity contribution in [2.24, 2.45) is 0 Å². The summed E-state index contributed by atoms with van der Waals surface area (Å²) in [6.45, 7) is 1.93. The first-order valence-corrected chi connectivity index (χ1v) is 7.63. The van der Waals surface area contributed by atoms with Crippen molar-refractivity contribution in [1.82, 2.24) is 4.90 Å². The molecule has 0 saturated heterocycles. The summed E-state index contributed by atoms with van der Waals surface area (Å²) in [6, 6.07) is 6.85. The van der Waals surface area contributed by atoms with E-state index in [9.17, 15) is 9.59 Å². The first-order valence-electron chi connectivity index (χ1n) is 6.31. The number of benzene rings is 1. The van der Waals surface area contributed by atoms with Crippen LogP contribution in [0.2, 0.25) is 5.02 Å². The zero-order valence-corrected chi connectivity index (χ0v) is 13.3. The lowest BCUT2D eigenvalue weighted by Crippen LogP contribution is -2.26. The minimum absolute atomic E-state index is 0.182. The first kappa shape index (κ1) is 15.5. The quantitative estimate of drug-likeness (QED) is 0.934. The number of halogens is 1. The maximum atomic E-state index is 12.5. The molecule has 21 heavy (non-hydrogen) atoms. The van der Waals surface area contributed by atoms with E-state index >= 15 is 0 Å². The topological polar surface area (TPSA) is 49.4 Å². The van der Waals surface area contributed by atoms with Crippen molar-refractivity contribution in [1.29, 1.82) is 0 Å². The molecule has 0 aliphatic rings. The molecule has 2 aromatic rings. The van der Waals surface area contributed by atoms with Gasteiger partial charge in [-0.1, -0.05) is 11.6 Å². The van der Waals surface area contributed by atoms with E-state index in [2.05, 4.69) is 5.32 Å². The lowest BCUT2D eigenvalue weighted by molar-refractivity contribution is -0.114. The lowest BCUT2D eigenvalue weighted by Gasteiger charge is -2.18. The molecule has 1 aromatic heterocycles. The van der Waals surface area contributed by atoms with Gasteiger partial charge in [-0.15, -0.1) is 0 Å². The Morgan fingerprint density at radius 3 is 2.71 bits per heavy atom. The molecule has 2 rings (SSSR count). The zero-order valence-electron chi connectivity index (χ0n) is 11.7. The number of amides is 2. The van der Waals surface area contributed by atoms with Gasteiger partial charge in [-0.25, -0.2) is 0 Å². The first-order chi connectivity index (χ1) is 9.97. The Morgan fingerprint density at radius 2 is 2.10 bits per heavy atom. The minimum atomic E-state index is -0.192. The van der Waals surface area contributed by atoms with Gasteiger partial charge in [-0.2, -0.15) is 11.3 Å². The molecule has 0 aliphatic carbocycles. The van der Waals surface area contributed by atoms with E-state index in [0.29, 0.717) is 22.8 Å². The molecule has 2 amide bonds. The number of carbonyl (C=O) groups excluding carboxylic acids is 2. The van der Waals surface area contributed by atoms with Crippen LogP contribution in [-0.4, -0.2) is 23.8 Å². The molecule has 0 atom stereocenters. The molecule has 110 valence electrons. The highest BCUT2D eigenvalue weighted by Gasteiger charge is 2.16. The third kappa shape index (κ3) is 4.06. The van der Waals surface area contributed by atoms with Crippen LogP contribution in [0.3, 0.4) is 0 Å². The Kier molecular flexibility index (Phi) is 4.98. The van der Waals surface area contributed by atoms with Gasteiger partial charge in [0.2, 0.25) is 5.91 Å². The molecule has 0 radical (unpaired) electrons. The van der Waals surface area contributed by atoms with Gasteiger partial charge in [0.25, 0.3) is 5.91 Å². The normalized spacial score (nSPS) is 10.2. The van der Waals surface area contributed by atoms with Crippen LogP contribution in [0, 0.1) is 0 Å². The van der Waals surface area contributed by atoms with Gasteiger partial charge in [0, 0.05) is 26.2 Å². The predicted octanol–water partition coefficient (Wildman–Crippen LogP) is 3.63. The second kappa shape index (κ2) is 6.74. The Labute approximate surface area is 132 Å². The van der Waals surface area contributed by atoms with Crippen molar-refractivity contribution in [3.8, 4) is 0 Å². The Bertz CT molecular complexity index is 656. The fourth-order valence-electron chi connectivity index (χ4n) is 1.90. The van der Waals surface area contributed by atoms with Crippen LogP contribution >= 0.6 is 22.9 Å². The van der Waals surface area contributed by atoms with Crippen LogP contribution in [0.1, 0.15) is 22.8 Å². The molecule has 0 fully saturated rings. The van der Waals surface area contributed by atoms with Gasteiger partial charge in [-0.05, 0) is 40.6 Å². The number of nitrogens with one attached hydrogen (secondary N) is 1. The highest BCUT2D eigenvalue weighted by atomic mass is 35.5. The lowest BCUT2D eigenvalue weighted by atomic mass is 10.1. The standard InChI is InChI=1S/C15H15ClN2O2S/c1-10(19)17-12-3-4-14(16)13(7-12)15(20)18(2)8-11-5-6-21-9-11/h3-7,9H,8H2,1-2H3,(H,17,19). The average Bonchev–Trinajstić information content (AvgIpc) is 2.92. The predicted molar refractivity (Wildman–Crippen MR) is 85.9 cm³/mol. The molecule has 0 bridgehead atoms. The number of hydrogen-bond donors (Lipinski definition) is 1. The fraction of sp³-hybridized carbons (Fsp3) is 0.200. The second-order valence-electron chi connectivity index (χ2n) is 4.67. The minimum Gasteiger partial charge on any atom is -0.337 e. The smallest absolute Gasteiger partial charge is 0.255 e. The van der Waals surface area contributed by atoms with Crippen LogP contribution in [0.25, 0.3) is 0 Å². The molecule has 6 heteroatoms. The van der Waals surface area contributed by atoms with Crippen LogP contribution in [0.15, 0.2) is 35.0 Å². The van der Waals surface area contributed by atoms with Crippen LogP contribution in [0.5, 0.6) is 0 Å². The molecular weight excluding hydrogens is 308 g/mol. The number of thiophene rings is 1. The van der Waals surface area contributed by atoms with Gasteiger partial charge in [0.1, 0.15) is 0 Å². The molecule has 0 unspecified atom stereocenters. The van der Waals surface area contributed by atoms with E-state index in [1.54, 1.807) is 41.5 Å². The van der Waals surface area contributed by atoms with E-state index < -0.39 is 0 Å². The molecule has 1 N–H and O–H groups in total. The largest absolute Gasteiger partial charge is 0.337 e. The van der Waals surface area contributed by atoms with Crippen LogP contribution < -0.4 is 5.32 Å². The highest BCUT2D eigenvalue weighted by Crippen LogP contribution is 2.22. The third-order valence-electron chi connectivity index (χ3n) is 2.86. The van der Waals surface area contributed by atoms with Crippen molar-refractivity contribution < 1.29 is 9.59 Å². The number of carbonyl (C=O) groups is 2. The molecule has 0 spiro atoms. The second-order valence-corrected chi connectivity index (χ2v) is 5.86. The van der Waals surface area contributed by atoms with Gasteiger partial charge < -0.3 is 10.2 Å². The summed E-state index contributed by atoms with van der Waals surface area (Å²) >= 11 is 7.69. The molecule has 1 aromatic carbocycles. The summed E-state index contributed by atoms with van der Waals surface area (Å²) in [5, 5.41) is 6.98. The van der Waals surface area contributed by atoms with Crippen molar-refractivity contribution >= 4 is 40.4 Å². The maximum Gasteiger partial charge on any atom is 0.255 e. The molecule has 0 aliphatic heterocycles. The van der Waals surface area contributed by atoms with Gasteiger partial charge in [-0.3, -0.25) is 9.59 Å². The number of anilines is 1. The van der Waals surface area contributed by atoms with Crippen molar-refractivity contribution in [3.63, 3.8) is 0 Å². The van der Waals surface area contributed by atoms with Crippen LogP contribution in [0.4, 0.5) is 5.69 Å². The van der Waals surface area contributed by atoms with Gasteiger partial charge in [0.15, 0.2) is 0 Å². The van der Waals surface area contributed by atoms with E-state index in [1.807, 2.05) is 16.8 Å². The Morgan fingerprint density at radius 1 is 1.33 bits per heavy atom. The van der Waals surface area contributed by atoms with E-state index in [1.165, 1.54) is 6.92 Å². The van der Waals surface area contributed by atoms with Crippen molar-refractivity contribution in [2.45, 2.75) is 13.5 Å². The number of rotatable bonds is 4. The van der Waals surface area contributed by atoms with Crippen molar-refractivity contribution in [3.05, 3.63) is 51.2 Å². The van der Waals surface area contributed by atoms with E-state index in [4.69, 9.17) is 11.6 Å².